The summed E-state index contributed by atoms with van der Waals surface area (Å²) in [5, 5.41) is 10.4. The first-order chi connectivity index (χ1) is 13.6. The first-order valence-electron chi connectivity index (χ1n) is 10.3. The fraction of sp³-hybridized carbons (Fsp3) is 0.714. The van der Waals surface area contributed by atoms with Crippen molar-refractivity contribution in [3.63, 3.8) is 0 Å². The number of aliphatic hydroxyl groups is 1. The van der Waals surface area contributed by atoms with E-state index in [-0.39, 0.29) is 6.61 Å². The molecule has 0 spiro atoms. The van der Waals surface area contributed by atoms with Crippen molar-refractivity contribution in [2.75, 3.05) is 79.8 Å². The summed E-state index contributed by atoms with van der Waals surface area (Å²) in [5.74, 6) is 1.40. The van der Waals surface area contributed by atoms with Crippen molar-refractivity contribution < 1.29 is 19.3 Å². The summed E-state index contributed by atoms with van der Waals surface area (Å²) in [6.45, 7) is 9.49. The molecule has 0 saturated carbocycles. The number of likely N-dealkylation sites (N-methyl/N-ethyl adjacent to an activating group) is 1. The van der Waals surface area contributed by atoms with Crippen LogP contribution in [0.4, 0.5) is 0 Å². The molecule has 2 aliphatic rings. The van der Waals surface area contributed by atoms with Crippen molar-refractivity contribution in [3.8, 4) is 11.5 Å². The summed E-state index contributed by atoms with van der Waals surface area (Å²) in [6.07, 6.45) is 0.553. The van der Waals surface area contributed by atoms with Crippen LogP contribution in [-0.4, -0.2) is 106 Å². The van der Waals surface area contributed by atoms with E-state index in [4.69, 9.17) is 14.2 Å². The molecule has 2 aliphatic heterocycles. The average Bonchev–Trinajstić information content (AvgIpc) is 2.97. The molecular weight excluding hydrogens is 358 g/mol. The van der Waals surface area contributed by atoms with Gasteiger partial charge in [0.1, 0.15) is 12.7 Å². The molecule has 1 N–H and O–H groups in total. The number of rotatable bonds is 8. The number of β-amino-alcohol motifs (C(OH)–C–C–N with tert-alkyl or cyclic N) is 1. The summed E-state index contributed by atoms with van der Waals surface area (Å²) in [6, 6.07) is 6.07. The zero-order chi connectivity index (χ0) is 19.8. The Morgan fingerprint density at radius 3 is 2.64 bits per heavy atom. The van der Waals surface area contributed by atoms with Gasteiger partial charge >= 0.3 is 0 Å². The monoisotopic (exact) mass is 393 g/mol. The average molecular weight is 394 g/mol. The minimum absolute atomic E-state index is 0.268. The third-order valence-electron chi connectivity index (χ3n) is 5.45. The Bertz CT molecular complexity index is 585. The van der Waals surface area contributed by atoms with E-state index in [0.29, 0.717) is 18.0 Å². The van der Waals surface area contributed by atoms with Crippen LogP contribution in [0.3, 0.4) is 0 Å². The van der Waals surface area contributed by atoms with E-state index in [2.05, 4.69) is 27.8 Å². The van der Waals surface area contributed by atoms with Crippen molar-refractivity contribution in [1.82, 2.24) is 14.7 Å². The lowest BCUT2D eigenvalue weighted by Crippen LogP contribution is -2.47. The minimum atomic E-state index is -0.514. The molecule has 0 radical (unpaired) electrons. The van der Waals surface area contributed by atoms with E-state index in [1.54, 1.807) is 7.11 Å². The van der Waals surface area contributed by atoms with Gasteiger partial charge in [0.25, 0.3) is 0 Å². The number of benzene rings is 1. The molecule has 0 aliphatic carbocycles. The number of piperazine rings is 1. The predicted molar refractivity (Wildman–Crippen MR) is 109 cm³/mol. The number of hydrogen-bond donors (Lipinski definition) is 1. The summed E-state index contributed by atoms with van der Waals surface area (Å²) >= 11 is 0. The number of ether oxygens (including phenoxy) is 3. The van der Waals surface area contributed by atoms with Crippen LogP contribution in [0, 0.1) is 0 Å². The van der Waals surface area contributed by atoms with E-state index >= 15 is 0 Å². The Kier molecular flexibility index (Phi) is 8.36. The Hall–Kier alpha value is -1.38. The number of hydrogen-bond acceptors (Lipinski definition) is 7. The molecule has 7 heteroatoms. The van der Waals surface area contributed by atoms with Gasteiger partial charge in [0.2, 0.25) is 0 Å². The third-order valence-corrected chi connectivity index (χ3v) is 5.45. The first kappa shape index (κ1) is 21.3. The second-order valence-corrected chi connectivity index (χ2v) is 7.80. The van der Waals surface area contributed by atoms with Crippen LogP contribution in [0.25, 0.3) is 0 Å². The molecule has 1 aromatic carbocycles. The maximum Gasteiger partial charge on any atom is 0.161 e. The van der Waals surface area contributed by atoms with Gasteiger partial charge in [-0.3, -0.25) is 9.80 Å². The molecule has 158 valence electrons. The molecular formula is C21H35N3O4. The van der Waals surface area contributed by atoms with Crippen molar-refractivity contribution >= 4 is 0 Å². The van der Waals surface area contributed by atoms with Crippen molar-refractivity contribution in [2.24, 2.45) is 0 Å². The molecule has 0 aromatic heterocycles. The van der Waals surface area contributed by atoms with Crippen molar-refractivity contribution in [3.05, 3.63) is 23.8 Å². The number of methoxy groups -OCH3 is 1. The first-order valence-corrected chi connectivity index (χ1v) is 10.3. The van der Waals surface area contributed by atoms with Gasteiger partial charge in [-0.05, 0) is 31.2 Å². The molecule has 3 rings (SSSR count). The van der Waals surface area contributed by atoms with Gasteiger partial charge in [-0.15, -0.1) is 0 Å². The largest absolute Gasteiger partial charge is 0.493 e. The van der Waals surface area contributed by atoms with Crippen LogP contribution in [0.2, 0.25) is 0 Å². The van der Waals surface area contributed by atoms with E-state index in [1.807, 2.05) is 12.1 Å². The van der Waals surface area contributed by atoms with Crippen LogP contribution in [0.5, 0.6) is 11.5 Å². The van der Waals surface area contributed by atoms with Crippen molar-refractivity contribution in [2.45, 2.75) is 19.1 Å². The van der Waals surface area contributed by atoms with Gasteiger partial charge in [-0.2, -0.15) is 0 Å². The molecule has 2 fully saturated rings. The SMILES string of the molecule is COc1ccc(CN2CCCOCC2)cc1OCC(O)CN1CCN(C)CC1. The molecule has 2 heterocycles. The molecule has 28 heavy (non-hydrogen) atoms. The van der Waals surface area contributed by atoms with Gasteiger partial charge in [0.05, 0.1) is 13.7 Å². The van der Waals surface area contributed by atoms with Crippen LogP contribution in [-0.2, 0) is 11.3 Å². The zero-order valence-electron chi connectivity index (χ0n) is 17.3. The Morgan fingerprint density at radius 2 is 1.86 bits per heavy atom. The molecule has 1 atom stereocenters. The van der Waals surface area contributed by atoms with Crippen LogP contribution >= 0.6 is 0 Å². The lowest BCUT2D eigenvalue weighted by Gasteiger charge is -2.33. The summed E-state index contributed by atoms with van der Waals surface area (Å²) in [5.41, 5.74) is 1.19. The van der Waals surface area contributed by atoms with Crippen LogP contribution in [0.15, 0.2) is 18.2 Å². The molecule has 1 unspecified atom stereocenters. The van der Waals surface area contributed by atoms with E-state index in [1.165, 1.54) is 5.56 Å². The molecule has 0 amide bonds. The molecule has 7 nitrogen and oxygen atoms in total. The Labute approximate surface area is 168 Å². The van der Waals surface area contributed by atoms with E-state index in [0.717, 1.165) is 65.4 Å². The highest BCUT2D eigenvalue weighted by molar-refractivity contribution is 5.43. The van der Waals surface area contributed by atoms with E-state index in [9.17, 15) is 5.11 Å². The fourth-order valence-electron chi connectivity index (χ4n) is 3.71. The fourth-order valence-corrected chi connectivity index (χ4v) is 3.71. The summed E-state index contributed by atoms with van der Waals surface area (Å²) in [7, 11) is 3.78. The molecule has 1 aromatic rings. The quantitative estimate of drug-likeness (QED) is 0.704. The maximum absolute atomic E-state index is 10.4. The predicted octanol–water partition coefficient (Wildman–Crippen LogP) is 0.905. The maximum atomic E-state index is 10.4. The van der Waals surface area contributed by atoms with Crippen LogP contribution < -0.4 is 9.47 Å². The number of nitrogens with zero attached hydrogens (tertiary/aromatic N) is 3. The molecule has 2 saturated heterocycles. The van der Waals surface area contributed by atoms with Gasteiger partial charge in [-0.1, -0.05) is 6.07 Å². The lowest BCUT2D eigenvalue weighted by molar-refractivity contribution is 0.0497. The van der Waals surface area contributed by atoms with Gasteiger partial charge in [0.15, 0.2) is 11.5 Å². The summed E-state index contributed by atoms with van der Waals surface area (Å²) in [4.78, 5) is 7.01. The van der Waals surface area contributed by atoms with Crippen LogP contribution in [0.1, 0.15) is 12.0 Å². The zero-order valence-corrected chi connectivity index (χ0v) is 17.3. The highest BCUT2D eigenvalue weighted by Crippen LogP contribution is 2.29. The van der Waals surface area contributed by atoms with E-state index < -0.39 is 6.10 Å². The van der Waals surface area contributed by atoms with Crippen molar-refractivity contribution in [1.29, 1.82) is 0 Å². The topological polar surface area (TPSA) is 57.6 Å². The Balaban J connectivity index is 1.52. The lowest BCUT2D eigenvalue weighted by atomic mass is 10.2. The highest BCUT2D eigenvalue weighted by Gasteiger charge is 2.18. The number of aliphatic hydroxyl groups excluding tert-OH is 1. The van der Waals surface area contributed by atoms with Gasteiger partial charge in [-0.25, -0.2) is 0 Å². The highest BCUT2D eigenvalue weighted by atomic mass is 16.5. The summed E-state index contributed by atoms with van der Waals surface area (Å²) < 4.78 is 16.9. The minimum Gasteiger partial charge on any atom is -0.493 e. The normalized spacial score (nSPS) is 21.2. The second-order valence-electron chi connectivity index (χ2n) is 7.80. The second kappa shape index (κ2) is 11.0. The smallest absolute Gasteiger partial charge is 0.161 e. The standard InChI is InChI=1S/C21H35N3O4/c1-22-7-9-24(10-8-22)16-19(25)17-28-21-14-18(4-5-20(21)26-2)15-23-6-3-12-27-13-11-23/h4-5,14,19,25H,3,6-13,15-17H2,1-2H3. The van der Waals surface area contributed by atoms with Gasteiger partial charge < -0.3 is 24.2 Å². The third kappa shape index (κ3) is 6.60. The Morgan fingerprint density at radius 1 is 1.04 bits per heavy atom. The molecule has 0 bridgehead atoms. The van der Waals surface area contributed by atoms with Gasteiger partial charge in [0, 0.05) is 59.0 Å².